The first-order valence-corrected chi connectivity index (χ1v) is 8.20. The third kappa shape index (κ3) is 1.98. The zero-order valence-corrected chi connectivity index (χ0v) is 14.9. The number of ketones is 3. The summed E-state index contributed by atoms with van der Waals surface area (Å²) in [6, 6.07) is 1.58. The van der Waals surface area contributed by atoms with E-state index in [-0.39, 0.29) is 39.4 Å². The van der Waals surface area contributed by atoms with E-state index in [4.69, 9.17) is 0 Å². The Kier molecular flexibility index (Phi) is 3.53. The molecule has 0 saturated carbocycles. The number of carbonyl (C=O) groups is 3. The Hall–Kier alpha value is -2.69. The lowest BCUT2D eigenvalue weighted by molar-refractivity contribution is -0.121. The molecule has 130 valence electrons. The quantitative estimate of drug-likeness (QED) is 0.818. The van der Waals surface area contributed by atoms with Gasteiger partial charge in [-0.05, 0) is 51.3 Å². The molecular weight excluding hydrogens is 320 g/mol. The molecule has 1 aromatic carbocycles. The number of allylic oxidation sites excluding steroid dienone is 3. The van der Waals surface area contributed by atoms with Crippen LogP contribution in [-0.4, -0.2) is 27.6 Å². The van der Waals surface area contributed by atoms with Crippen molar-refractivity contribution in [2.45, 2.75) is 41.0 Å². The summed E-state index contributed by atoms with van der Waals surface area (Å²) in [5.41, 5.74) is -0.0316. The van der Waals surface area contributed by atoms with Crippen LogP contribution in [0.3, 0.4) is 0 Å². The van der Waals surface area contributed by atoms with Gasteiger partial charge in [-0.25, -0.2) is 0 Å². The van der Waals surface area contributed by atoms with Gasteiger partial charge < -0.3 is 10.2 Å². The lowest BCUT2D eigenvalue weighted by atomic mass is 9.64. The topological polar surface area (TPSA) is 91.7 Å². The van der Waals surface area contributed by atoms with Crippen LogP contribution in [0.1, 0.15) is 59.5 Å². The van der Waals surface area contributed by atoms with E-state index in [1.165, 1.54) is 6.92 Å². The summed E-state index contributed by atoms with van der Waals surface area (Å²) >= 11 is 0. The van der Waals surface area contributed by atoms with Gasteiger partial charge in [0.1, 0.15) is 11.5 Å². The molecule has 5 nitrogen and oxygen atoms in total. The number of fused-ring (bicyclic) bond motifs is 1. The summed E-state index contributed by atoms with van der Waals surface area (Å²) in [6.45, 7) is 8.19. The molecule has 0 atom stereocenters. The minimum absolute atomic E-state index is 0.00106. The van der Waals surface area contributed by atoms with Gasteiger partial charge in [0, 0.05) is 16.7 Å². The summed E-state index contributed by atoms with van der Waals surface area (Å²) in [6.07, 6.45) is 0.503. The zero-order valence-electron chi connectivity index (χ0n) is 14.9. The molecule has 5 heteroatoms. The van der Waals surface area contributed by atoms with Gasteiger partial charge in [0.15, 0.2) is 11.6 Å². The molecule has 0 fully saturated rings. The van der Waals surface area contributed by atoms with Crippen LogP contribution in [0.2, 0.25) is 0 Å². The maximum Gasteiger partial charge on any atom is 0.201 e. The molecule has 0 saturated heterocycles. The molecule has 0 aromatic heterocycles. The van der Waals surface area contributed by atoms with Crippen LogP contribution in [0.15, 0.2) is 28.5 Å². The van der Waals surface area contributed by atoms with Crippen LogP contribution < -0.4 is 0 Å². The summed E-state index contributed by atoms with van der Waals surface area (Å²) < 4.78 is 0. The van der Waals surface area contributed by atoms with E-state index in [9.17, 15) is 24.6 Å². The van der Waals surface area contributed by atoms with Crippen molar-refractivity contribution in [2.24, 2.45) is 5.41 Å². The number of aliphatic hydroxyl groups is 1. The summed E-state index contributed by atoms with van der Waals surface area (Å²) in [5.74, 6) is -2.19. The molecule has 0 unspecified atom stereocenters. The molecule has 25 heavy (non-hydrogen) atoms. The van der Waals surface area contributed by atoms with Crippen LogP contribution in [0.25, 0.3) is 0 Å². The second-order valence-corrected chi connectivity index (χ2v) is 7.13. The molecule has 0 heterocycles. The summed E-state index contributed by atoms with van der Waals surface area (Å²) in [5, 5.41) is 21.0. The smallest absolute Gasteiger partial charge is 0.201 e. The van der Waals surface area contributed by atoms with E-state index < -0.39 is 22.7 Å². The van der Waals surface area contributed by atoms with E-state index in [1.54, 1.807) is 26.8 Å². The van der Waals surface area contributed by atoms with Gasteiger partial charge in [-0.15, -0.1) is 0 Å². The molecule has 0 amide bonds. The van der Waals surface area contributed by atoms with Gasteiger partial charge in [0.2, 0.25) is 5.78 Å². The first-order valence-electron chi connectivity index (χ1n) is 8.20. The predicted molar refractivity (Wildman–Crippen MR) is 92.0 cm³/mol. The van der Waals surface area contributed by atoms with Crippen molar-refractivity contribution < 1.29 is 24.6 Å². The minimum Gasteiger partial charge on any atom is -0.507 e. The number of rotatable bonds is 1. The van der Waals surface area contributed by atoms with Crippen LogP contribution in [-0.2, 0) is 11.2 Å². The largest absolute Gasteiger partial charge is 0.507 e. The Morgan fingerprint density at radius 2 is 1.64 bits per heavy atom. The number of phenolic OH excluding ortho intramolecular Hbond substituents is 1. The van der Waals surface area contributed by atoms with Crippen molar-refractivity contribution in [2.75, 3.05) is 0 Å². The van der Waals surface area contributed by atoms with Crippen molar-refractivity contribution >= 4 is 17.3 Å². The minimum atomic E-state index is -1.22. The molecule has 2 N–H and O–H groups in total. The number of aryl methyl sites for hydroxylation is 1. The Balaban J connectivity index is 2.42. The molecule has 3 rings (SSSR count). The fraction of sp³-hybridized carbons (Fsp3) is 0.350. The van der Waals surface area contributed by atoms with Gasteiger partial charge in [-0.2, -0.15) is 0 Å². The number of Topliss-reactive ketones (excluding diaryl/α,β-unsaturated/α-hetero) is 3. The Bertz CT molecular complexity index is 941. The van der Waals surface area contributed by atoms with E-state index in [1.807, 2.05) is 6.92 Å². The fourth-order valence-electron chi connectivity index (χ4n) is 3.88. The highest BCUT2D eigenvalue weighted by Gasteiger charge is 2.49. The Labute approximate surface area is 145 Å². The number of hydrogen-bond donors (Lipinski definition) is 2. The van der Waals surface area contributed by atoms with E-state index in [0.717, 1.165) is 0 Å². The molecule has 2 aliphatic rings. The maximum atomic E-state index is 13.1. The normalized spacial score (nSPS) is 19.3. The van der Waals surface area contributed by atoms with Gasteiger partial charge in [0.05, 0.1) is 16.6 Å². The van der Waals surface area contributed by atoms with Crippen molar-refractivity contribution in [3.63, 3.8) is 0 Å². The highest BCUT2D eigenvalue weighted by Crippen LogP contribution is 2.47. The molecule has 0 bridgehead atoms. The Morgan fingerprint density at radius 3 is 2.20 bits per heavy atom. The number of benzene rings is 1. The van der Waals surface area contributed by atoms with Gasteiger partial charge in [0.25, 0.3) is 0 Å². The third-order valence-electron chi connectivity index (χ3n) is 5.28. The van der Waals surface area contributed by atoms with Gasteiger partial charge in [-0.1, -0.05) is 6.92 Å². The van der Waals surface area contributed by atoms with Crippen LogP contribution in [0.5, 0.6) is 5.75 Å². The SMILES string of the molecule is CCc1c(C)cc2c(c1O)C(=O)C1=C(C2=O)C(C)(C)C(=O)C(C)=C1O. The van der Waals surface area contributed by atoms with Crippen molar-refractivity contribution in [1.29, 1.82) is 0 Å². The standard InChI is InChI=1S/C20H20O5/c1-6-10-8(2)7-11-12(16(10)22)18(24)13-14(17(11)23)20(4,5)19(25)9(3)15(13)21/h7,21-22H,6H2,1-5H3. The number of carbonyl (C=O) groups excluding carboxylic acids is 3. The molecule has 2 aliphatic carbocycles. The third-order valence-corrected chi connectivity index (χ3v) is 5.28. The zero-order chi connectivity index (χ0) is 18.8. The average Bonchev–Trinajstić information content (AvgIpc) is 2.54. The first kappa shape index (κ1) is 17.1. The molecule has 0 spiro atoms. The highest BCUT2D eigenvalue weighted by molar-refractivity contribution is 6.33. The summed E-state index contributed by atoms with van der Waals surface area (Å²) in [7, 11) is 0. The fourth-order valence-corrected chi connectivity index (χ4v) is 3.88. The highest BCUT2D eigenvalue weighted by atomic mass is 16.3. The molecule has 0 aliphatic heterocycles. The number of phenols is 1. The predicted octanol–water partition coefficient (Wildman–Crippen LogP) is 3.38. The number of aliphatic hydroxyl groups excluding tert-OH is 1. The van der Waals surface area contributed by atoms with Crippen LogP contribution in [0.4, 0.5) is 0 Å². The monoisotopic (exact) mass is 340 g/mol. The van der Waals surface area contributed by atoms with Crippen molar-refractivity contribution in [3.8, 4) is 5.75 Å². The second-order valence-electron chi connectivity index (χ2n) is 7.13. The van der Waals surface area contributed by atoms with E-state index >= 15 is 0 Å². The van der Waals surface area contributed by atoms with Crippen molar-refractivity contribution in [3.05, 3.63) is 50.8 Å². The van der Waals surface area contributed by atoms with Gasteiger partial charge in [-0.3, -0.25) is 14.4 Å². The second kappa shape index (κ2) is 5.15. The van der Waals surface area contributed by atoms with Crippen LogP contribution >= 0.6 is 0 Å². The lowest BCUT2D eigenvalue weighted by Crippen LogP contribution is -2.40. The average molecular weight is 340 g/mol. The Morgan fingerprint density at radius 1 is 1.04 bits per heavy atom. The maximum absolute atomic E-state index is 13.1. The number of hydrogen-bond acceptors (Lipinski definition) is 5. The lowest BCUT2D eigenvalue weighted by Gasteiger charge is -2.35. The van der Waals surface area contributed by atoms with Gasteiger partial charge >= 0.3 is 0 Å². The van der Waals surface area contributed by atoms with E-state index in [2.05, 4.69) is 0 Å². The van der Waals surface area contributed by atoms with Crippen LogP contribution in [0, 0.1) is 12.3 Å². The van der Waals surface area contributed by atoms with E-state index in [0.29, 0.717) is 17.5 Å². The number of aromatic hydroxyl groups is 1. The summed E-state index contributed by atoms with van der Waals surface area (Å²) in [4.78, 5) is 38.7. The molecule has 1 aromatic rings. The molecular formula is C20H20O5. The van der Waals surface area contributed by atoms with Crippen molar-refractivity contribution in [1.82, 2.24) is 0 Å². The molecule has 0 radical (unpaired) electrons. The first-order chi connectivity index (χ1) is 11.6.